The molecule has 2 saturated heterocycles. The van der Waals surface area contributed by atoms with Gasteiger partial charge in [0.2, 0.25) is 5.91 Å². The number of hydrogen-bond donors (Lipinski definition) is 2. The second-order valence-corrected chi connectivity index (χ2v) is 5.85. The lowest BCUT2D eigenvalue weighted by molar-refractivity contribution is -0.180. The lowest BCUT2D eigenvalue weighted by Gasteiger charge is -2.30. The molecule has 7 heteroatoms. The van der Waals surface area contributed by atoms with E-state index in [1.54, 1.807) is 0 Å². The van der Waals surface area contributed by atoms with Gasteiger partial charge in [-0.15, -0.1) is 0 Å². The van der Waals surface area contributed by atoms with Gasteiger partial charge in [0, 0.05) is 19.7 Å². The third-order valence-electron chi connectivity index (χ3n) is 4.23. The maximum absolute atomic E-state index is 12.5. The van der Waals surface area contributed by atoms with Crippen LogP contribution in [0.4, 0.5) is 13.2 Å². The van der Waals surface area contributed by atoms with Gasteiger partial charge in [-0.05, 0) is 38.5 Å². The Bertz CT molecular complexity index is 336. The molecule has 2 heterocycles. The predicted molar refractivity (Wildman–Crippen MR) is 71.8 cm³/mol. The molecule has 1 amide bonds. The van der Waals surface area contributed by atoms with Gasteiger partial charge in [0.15, 0.2) is 0 Å². The summed E-state index contributed by atoms with van der Waals surface area (Å²) < 4.78 is 43.1. The van der Waals surface area contributed by atoms with Gasteiger partial charge in [0.05, 0.1) is 18.1 Å². The molecule has 2 aliphatic heterocycles. The highest BCUT2D eigenvalue weighted by Gasteiger charge is 2.42. The zero-order valence-corrected chi connectivity index (χ0v) is 12.0. The van der Waals surface area contributed by atoms with Gasteiger partial charge >= 0.3 is 6.18 Å². The first-order chi connectivity index (χ1) is 9.97. The molecule has 2 N–H and O–H groups in total. The first kappa shape index (κ1) is 16.5. The number of nitrogens with one attached hydrogen (secondary N) is 2. The molecule has 0 radical (unpaired) electrons. The molecule has 21 heavy (non-hydrogen) atoms. The van der Waals surface area contributed by atoms with Gasteiger partial charge in [0.25, 0.3) is 0 Å². The Morgan fingerprint density at radius 2 is 2.05 bits per heavy atom. The Morgan fingerprint density at radius 1 is 1.24 bits per heavy atom. The average Bonchev–Trinajstić information content (AvgIpc) is 2.47. The smallest absolute Gasteiger partial charge is 0.378 e. The topological polar surface area (TPSA) is 50.4 Å². The number of halogens is 3. The molecule has 0 spiro atoms. The highest BCUT2D eigenvalue weighted by Crippen LogP contribution is 2.31. The molecule has 3 unspecified atom stereocenters. The molecule has 4 nitrogen and oxygen atoms in total. The normalized spacial score (nSPS) is 30.9. The molecule has 122 valence electrons. The van der Waals surface area contributed by atoms with E-state index in [1.807, 2.05) is 0 Å². The lowest BCUT2D eigenvalue weighted by Crippen LogP contribution is -2.51. The van der Waals surface area contributed by atoms with Gasteiger partial charge in [0.1, 0.15) is 0 Å². The molecular formula is C14H23F3N2O2. The molecule has 0 aromatic rings. The number of ether oxygens (including phenoxy) is 1. The van der Waals surface area contributed by atoms with Crippen LogP contribution in [-0.2, 0) is 9.53 Å². The number of hydrogen-bond acceptors (Lipinski definition) is 3. The molecule has 0 aromatic heterocycles. The van der Waals surface area contributed by atoms with Crippen molar-refractivity contribution in [3.63, 3.8) is 0 Å². The molecule has 0 aliphatic carbocycles. The van der Waals surface area contributed by atoms with E-state index in [2.05, 4.69) is 10.6 Å². The van der Waals surface area contributed by atoms with Crippen molar-refractivity contribution in [2.75, 3.05) is 19.7 Å². The summed E-state index contributed by atoms with van der Waals surface area (Å²) >= 11 is 0. The summed E-state index contributed by atoms with van der Waals surface area (Å²) in [6.07, 6.45) is 0.307. The summed E-state index contributed by atoms with van der Waals surface area (Å²) in [5, 5.41) is 5.49. The monoisotopic (exact) mass is 308 g/mol. The van der Waals surface area contributed by atoms with Crippen LogP contribution in [0.5, 0.6) is 0 Å². The minimum Gasteiger partial charge on any atom is -0.378 e. The van der Waals surface area contributed by atoms with Crippen molar-refractivity contribution in [3.8, 4) is 0 Å². The Hall–Kier alpha value is -0.820. The van der Waals surface area contributed by atoms with E-state index in [-0.39, 0.29) is 31.4 Å². The third kappa shape index (κ3) is 5.14. The minimum atomic E-state index is -4.17. The van der Waals surface area contributed by atoms with Crippen LogP contribution in [-0.4, -0.2) is 43.9 Å². The Labute approximate surface area is 122 Å². The van der Waals surface area contributed by atoms with E-state index in [0.29, 0.717) is 6.54 Å². The number of amides is 1. The summed E-state index contributed by atoms with van der Waals surface area (Å²) in [6, 6.07) is -0.504. The standard InChI is InChI=1S/C14H23F3N2O2/c15-14(16,17)10-4-5-12(19-9-10)13(20)18-7-6-11-3-1-2-8-21-11/h10-12,19H,1-9H2,(H,18,20). The maximum atomic E-state index is 12.5. The minimum absolute atomic E-state index is 0.0142. The van der Waals surface area contributed by atoms with Gasteiger partial charge in [-0.25, -0.2) is 0 Å². The highest BCUT2D eigenvalue weighted by molar-refractivity contribution is 5.81. The number of carbonyl (C=O) groups is 1. The molecular weight excluding hydrogens is 285 g/mol. The van der Waals surface area contributed by atoms with E-state index in [4.69, 9.17) is 4.74 Å². The number of alkyl halides is 3. The van der Waals surface area contributed by atoms with Crippen molar-refractivity contribution in [1.82, 2.24) is 10.6 Å². The first-order valence-corrected chi connectivity index (χ1v) is 7.66. The molecule has 2 aliphatic rings. The average molecular weight is 308 g/mol. The fraction of sp³-hybridized carbons (Fsp3) is 0.929. The van der Waals surface area contributed by atoms with Crippen molar-refractivity contribution >= 4 is 5.91 Å². The van der Waals surface area contributed by atoms with E-state index >= 15 is 0 Å². The van der Waals surface area contributed by atoms with E-state index in [1.165, 1.54) is 0 Å². The summed E-state index contributed by atoms with van der Waals surface area (Å²) in [7, 11) is 0. The Morgan fingerprint density at radius 3 is 2.62 bits per heavy atom. The van der Waals surface area contributed by atoms with Crippen LogP contribution >= 0.6 is 0 Å². The van der Waals surface area contributed by atoms with Crippen molar-refractivity contribution in [3.05, 3.63) is 0 Å². The largest absolute Gasteiger partial charge is 0.393 e. The summed E-state index contributed by atoms with van der Waals surface area (Å²) in [4.78, 5) is 11.9. The quantitative estimate of drug-likeness (QED) is 0.835. The van der Waals surface area contributed by atoms with Crippen LogP contribution < -0.4 is 10.6 Å². The van der Waals surface area contributed by atoms with Crippen LogP contribution in [0.2, 0.25) is 0 Å². The highest BCUT2D eigenvalue weighted by atomic mass is 19.4. The van der Waals surface area contributed by atoms with Crippen molar-refractivity contribution < 1.29 is 22.7 Å². The SMILES string of the molecule is O=C(NCCC1CCCCO1)C1CCC(C(F)(F)F)CN1. The van der Waals surface area contributed by atoms with Crippen molar-refractivity contribution in [2.45, 2.75) is 56.8 Å². The van der Waals surface area contributed by atoms with Crippen molar-refractivity contribution in [1.29, 1.82) is 0 Å². The molecule has 0 bridgehead atoms. The predicted octanol–water partition coefficient (Wildman–Crippen LogP) is 1.99. The zero-order chi connectivity index (χ0) is 15.3. The Balaban J connectivity index is 1.63. The number of rotatable bonds is 4. The van der Waals surface area contributed by atoms with E-state index in [9.17, 15) is 18.0 Å². The van der Waals surface area contributed by atoms with Gasteiger partial charge in [-0.2, -0.15) is 13.2 Å². The van der Waals surface area contributed by atoms with Crippen LogP contribution in [0, 0.1) is 5.92 Å². The molecule has 3 atom stereocenters. The van der Waals surface area contributed by atoms with E-state index in [0.717, 1.165) is 32.3 Å². The van der Waals surface area contributed by atoms with Crippen LogP contribution in [0.1, 0.15) is 38.5 Å². The molecule has 2 fully saturated rings. The summed E-state index contributed by atoms with van der Waals surface area (Å²) in [5.41, 5.74) is 0. The molecule has 0 saturated carbocycles. The Kier molecular flexibility index (Phi) is 5.87. The fourth-order valence-electron chi connectivity index (χ4n) is 2.87. The van der Waals surface area contributed by atoms with Crippen LogP contribution in [0.25, 0.3) is 0 Å². The van der Waals surface area contributed by atoms with Gasteiger partial charge in [-0.1, -0.05) is 0 Å². The lowest BCUT2D eigenvalue weighted by atomic mass is 9.94. The summed E-state index contributed by atoms with van der Waals surface area (Å²) in [6.45, 7) is 1.12. The second-order valence-electron chi connectivity index (χ2n) is 5.85. The summed E-state index contributed by atoms with van der Waals surface area (Å²) in [5.74, 6) is -1.54. The molecule has 2 rings (SSSR count). The first-order valence-electron chi connectivity index (χ1n) is 7.66. The zero-order valence-electron chi connectivity index (χ0n) is 12.0. The second kappa shape index (κ2) is 7.45. The third-order valence-corrected chi connectivity index (χ3v) is 4.23. The van der Waals surface area contributed by atoms with Crippen molar-refractivity contribution in [2.24, 2.45) is 5.92 Å². The maximum Gasteiger partial charge on any atom is 0.393 e. The van der Waals surface area contributed by atoms with Gasteiger partial charge in [-0.3, -0.25) is 4.79 Å². The van der Waals surface area contributed by atoms with Gasteiger partial charge < -0.3 is 15.4 Å². The van der Waals surface area contributed by atoms with Crippen LogP contribution in [0.15, 0.2) is 0 Å². The molecule has 0 aromatic carbocycles. The van der Waals surface area contributed by atoms with Crippen LogP contribution in [0.3, 0.4) is 0 Å². The number of piperidine rings is 1. The van der Waals surface area contributed by atoms with E-state index < -0.39 is 18.1 Å². The number of carbonyl (C=O) groups excluding carboxylic acids is 1. The fourth-order valence-corrected chi connectivity index (χ4v) is 2.87.